The van der Waals surface area contributed by atoms with Crippen LogP contribution in [0.5, 0.6) is 0 Å². The highest BCUT2D eigenvalue weighted by Crippen LogP contribution is 2.10. The summed E-state index contributed by atoms with van der Waals surface area (Å²) in [4.78, 5) is 29.0. The summed E-state index contributed by atoms with van der Waals surface area (Å²) >= 11 is 0. The van der Waals surface area contributed by atoms with E-state index in [9.17, 15) is 9.59 Å². The summed E-state index contributed by atoms with van der Waals surface area (Å²) in [5.41, 5.74) is 2.83. The van der Waals surface area contributed by atoms with Crippen LogP contribution in [0.1, 0.15) is 21.5 Å². The van der Waals surface area contributed by atoms with Gasteiger partial charge in [0, 0.05) is 38.9 Å². The molecular formula is C24H27N5O2. The van der Waals surface area contributed by atoms with Gasteiger partial charge in [0.2, 0.25) is 5.91 Å². The average molecular weight is 418 g/mol. The number of hydrogen-bond donors (Lipinski definition) is 1. The third-order valence-electron chi connectivity index (χ3n) is 5.43. The van der Waals surface area contributed by atoms with Gasteiger partial charge in [-0.25, -0.2) is 0 Å². The van der Waals surface area contributed by atoms with E-state index in [0.29, 0.717) is 51.4 Å². The van der Waals surface area contributed by atoms with Crippen LogP contribution in [0.25, 0.3) is 0 Å². The Morgan fingerprint density at radius 2 is 1.52 bits per heavy atom. The second-order valence-corrected chi connectivity index (χ2v) is 7.74. The molecule has 1 N–H and O–H groups in total. The van der Waals surface area contributed by atoms with E-state index in [1.54, 1.807) is 17.1 Å². The summed E-state index contributed by atoms with van der Waals surface area (Å²) in [6.07, 6.45) is 3.44. The Morgan fingerprint density at radius 1 is 0.871 bits per heavy atom. The van der Waals surface area contributed by atoms with Crippen LogP contribution in [0.2, 0.25) is 0 Å². The van der Waals surface area contributed by atoms with Crippen LogP contribution >= 0.6 is 0 Å². The molecule has 0 spiro atoms. The molecule has 1 fully saturated rings. The van der Waals surface area contributed by atoms with Gasteiger partial charge in [-0.15, -0.1) is 0 Å². The molecule has 0 saturated carbocycles. The van der Waals surface area contributed by atoms with Crippen molar-refractivity contribution in [2.45, 2.75) is 13.1 Å². The Bertz CT molecular complexity index is 995. The number of piperazine rings is 1. The molecule has 3 aromatic rings. The molecule has 2 heterocycles. The van der Waals surface area contributed by atoms with E-state index in [2.05, 4.69) is 15.3 Å². The Kier molecular flexibility index (Phi) is 6.74. The number of nitrogens with zero attached hydrogens (tertiary/aromatic N) is 4. The second-order valence-electron chi connectivity index (χ2n) is 7.74. The monoisotopic (exact) mass is 417 g/mol. The minimum atomic E-state index is -0.00695. The molecule has 0 aliphatic carbocycles. The summed E-state index contributed by atoms with van der Waals surface area (Å²) in [6.45, 7) is 4.10. The summed E-state index contributed by atoms with van der Waals surface area (Å²) < 4.78 is 1.79. The number of hydrogen-bond acceptors (Lipinski definition) is 4. The number of carbonyl (C=O) groups is 2. The minimum absolute atomic E-state index is 0.00539. The molecule has 160 valence electrons. The Hall–Kier alpha value is -3.45. The first-order valence-electron chi connectivity index (χ1n) is 10.6. The zero-order chi connectivity index (χ0) is 21.5. The average Bonchev–Trinajstić information content (AvgIpc) is 3.27. The standard InChI is InChI=1S/C24H27N5O2/c30-23(25-15-20-7-3-1-4-8-20)19-27-11-13-28(14-12-27)24(31)22-16-26-29(18-22)17-21-9-5-2-6-10-21/h1-10,16,18H,11-15,17,19H2,(H,25,30). The van der Waals surface area contributed by atoms with E-state index in [1.807, 2.05) is 65.6 Å². The zero-order valence-corrected chi connectivity index (χ0v) is 17.5. The number of rotatable bonds is 7. The fraction of sp³-hybridized carbons (Fsp3) is 0.292. The van der Waals surface area contributed by atoms with Crippen molar-refractivity contribution in [3.8, 4) is 0 Å². The topological polar surface area (TPSA) is 70.5 Å². The number of carbonyl (C=O) groups excluding carboxylic acids is 2. The molecule has 7 nitrogen and oxygen atoms in total. The largest absolute Gasteiger partial charge is 0.351 e. The van der Waals surface area contributed by atoms with Crippen LogP contribution in [0.4, 0.5) is 0 Å². The SMILES string of the molecule is O=C(CN1CCN(C(=O)c2cnn(Cc3ccccc3)c2)CC1)NCc1ccccc1. The quantitative estimate of drug-likeness (QED) is 0.639. The van der Waals surface area contributed by atoms with Gasteiger partial charge in [-0.3, -0.25) is 19.2 Å². The first-order valence-corrected chi connectivity index (χ1v) is 10.6. The van der Waals surface area contributed by atoms with Crippen molar-refractivity contribution in [3.63, 3.8) is 0 Å². The molecule has 1 saturated heterocycles. The molecule has 1 aromatic heterocycles. The van der Waals surface area contributed by atoms with Crippen molar-refractivity contribution in [2.24, 2.45) is 0 Å². The maximum atomic E-state index is 12.8. The van der Waals surface area contributed by atoms with Crippen molar-refractivity contribution in [3.05, 3.63) is 89.7 Å². The van der Waals surface area contributed by atoms with Crippen LogP contribution in [-0.2, 0) is 17.9 Å². The molecule has 0 bridgehead atoms. The van der Waals surface area contributed by atoms with Crippen LogP contribution in [0, 0.1) is 0 Å². The normalized spacial score (nSPS) is 14.4. The lowest BCUT2D eigenvalue weighted by atomic mass is 10.2. The summed E-state index contributed by atoms with van der Waals surface area (Å²) in [5.74, 6) is -0.00157. The zero-order valence-electron chi connectivity index (χ0n) is 17.5. The fourth-order valence-electron chi connectivity index (χ4n) is 3.68. The van der Waals surface area contributed by atoms with Gasteiger partial charge in [0.1, 0.15) is 0 Å². The lowest BCUT2D eigenvalue weighted by Gasteiger charge is -2.34. The highest BCUT2D eigenvalue weighted by molar-refractivity contribution is 5.93. The fourth-order valence-corrected chi connectivity index (χ4v) is 3.68. The van der Waals surface area contributed by atoms with Gasteiger partial charge in [-0.05, 0) is 11.1 Å². The highest BCUT2D eigenvalue weighted by Gasteiger charge is 2.24. The van der Waals surface area contributed by atoms with Gasteiger partial charge >= 0.3 is 0 Å². The molecule has 2 aromatic carbocycles. The third-order valence-corrected chi connectivity index (χ3v) is 5.43. The Morgan fingerprint density at radius 3 is 2.19 bits per heavy atom. The van der Waals surface area contributed by atoms with E-state index in [1.165, 1.54) is 0 Å². The first-order chi connectivity index (χ1) is 15.2. The van der Waals surface area contributed by atoms with Gasteiger partial charge in [-0.2, -0.15) is 5.10 Å². The number of nitrogens with one attached hydrogen (secondary N) is 1. The van der Waals surface area contributed by atoms with E-state index in [-0.39, 0.29) is 11.8 Å². The number of amides is 2. The van der Waals surface area contributed by atoms with Gasteiger partial charge in [-0.1, -0.05) is 60.7 Å². The molecule has 31 heavy (non-hydrogen) atoms. The van der Waals surface area contributed by atoms with E-state index in [4.69, 9.17) is 0 Å². The van der Waals surface area contributed by atoms with Crippen molar-refractivity contribution in [2.75, 3.05) is 32.7 Å². The van der Waals surface area contributed by atoms with Crippen molar-refractivity contribution >= 4 is 11.8 Å². The van der Waals surface area contributed by atoms with Gasteiger partial charge in [0.05, 0.1) is 24.8 Å². The molecule has 1 aliphatic heterocycles. The summed E-state index contributed by atoms with van der Waals surface area (Å²) in [6, 6.07) is 19.9. The maximum absolute atomic E-state index is 12.8. The molecule has 7 heteroatoms. The predicted molar refractivity (Wildman–Crippen MR) is 118 cm³/mol. The van der Waals surface area contributed by atoms with Crippen LogP contribution in [0.15, 0.2) is 73.1 Å². The van der Waals surface area contributed by atoms with Crippen molar-refractivity contribution in [1.29, 1.82) is 0 Å². The molecule has 2 amide bonds. The molecular weight excluding hydrogens is 390 g/mol. The maximum Gasteiger partial charge on any atom is 0.257 e. The molecule has 4 rings (SSSR count). The first kappa shape index (κ1) is 20.8. The van der Waals surface area contributed by atoms with Crippen LogP contribution in [0.3, 0.4) is 0 Å². The van der Waals surface area contributed by atoms with Gasteiger partial charge in [0.15, 0.2) is 0 Å². The predicted octanol–water partition coefficient (Wildman–Crippen LogP) is 2.01. The van der Waals surface area contributed by atoms with Gasteiger partial charge < -0.3 is 10.2 Å². The molecule has 1 aliphatic rings. The molecule has 0 atom stereocenters. The summed E-state index contributed by atoms with van der Waals surface area (Å²) in [5, 5.41) is 7.29. The Balaban J connectivity index is 1.22. The third kappa shape index (κ3) is 5.79. The second kappa shape index (κ2) is 10.0. The molecule has 0 radical (unpaired) electrons. The van der Waals surface area contributed by atoms with Crippen molar-refractivity contribution < 1.29 is 9.59 Å². The van der Waals surface area contributed by atoms with E-state index in [0.717, 1.165) is 11.1 Å². The minimum Gasteiger partial charge on any atom is -0.351 e. The van der Waals surface area contributed by atoms with Crippen LogP contribution in [-0.4, -0.2) is 64.1 Å². The van der Waals surface area contributed by atoms with Crippen molar-refractivity contribution in [1.82, 2.24) is 24.9 Å². The smallest absolute Gasteiger partial charge is 0.257 e. The summed E-state index contributed by atoms with van der Waals surface area (Å²) in [7, 11) is 0. The Labute approximate surface area is 182 Å². The van der Waals surface area contributed by atoms with E-state index >= 15 is 0 Å². The lowest BCUT2D eigenvalue weighted by molar-refractivity contribution is -0.122. The number of aromatic nitrogens is 2. The van der Waals surface area contributed by atoms with E-state index < -0.39 is 0 Å². The lowest BCUT2D eigenvalue weighted by Crippen LogP contribution is -2.51. The highest BCUT2D eigenvalue weighted by atomic mass is 16.2. The molecule has 0 unspecified atom stereocenters. The number of benzene rings is 2. The van der Waals surface area contributed by atoms with Crippen LogP contribution < -0.4 is 5.32 Å². The van der Waals surface area contributed by atoms with Gasteiger partial charge in [0.25, 0.3) is 5.91 Å².